The van der Waals surface area contributed by atoms with Gasteiger partial charge in [0.2, 0.25) is 11.8 Å². The molecular weight excluding hydrogens is 471 g/mol. The summed E-state index contributed by atoms with van der Waals surface area (Å²) >= 11 is 0. The van der Waals surface area contributed by atoms with Crippen molar-refractivity contribution in [1.29, 1.82) is 0 Å². The lowest BCUT2D eigenvalue weighted by Gasteiger charge is -2.20. The largest absolute Gasteiger partial charge is 0.357 e. The van der Waals surface area contributed by atoms with Crippen molar-refractivity contribution >= 4 is 35.8 Å². The first kappa shape index (κ1) is 24.6. The lowest BCUT2D eigenvalue weighted by molar-refractivity contribution is -0.130. The van der Waals surface area contributed by atoms with E-state index >= 15 is 0 Å². The van der Waals surface area contributed by atoms with E-state index < -0.39 is 0 Å². The van der Waals surface area contributed by atoms with Crippen molar-refractivity contribution in [2.75, 3.05) is 32.7 Å². The highest BCUT2D eigenvalue weighted by Crippen LogP contribution is 2.11. The number of hydrogen-bond acceptors (Lipinski definition) is 5. The highest BCUT2D eigenvalue weighted by molar-refractivity contribution is 14.0. The van der Waals surface area contributed by atoms with E-state index in [1.165, 1.54) is 0 Å². The number of nitrogens with zero attached hydrogens (tertiary/aromatic N) is 4. The average Bonchev–Trinajstić information content (AvgIpc) is 3.02. The normalized spacial score (nSPS) is 15.4. The molecule has 9 heteroatoms. The topological polar surface area (TPSA) is 95.7 Å². The van der Waals surface area contributed by atoms with E-state index in [2.05, 4.69) is 25.8 Å². The number of rotatable bonds is 9. The molecule has 0 atom stereocenters. The molecule has 0 spiro atoms. The molecule has 1 aliphatic heterocycles. The Morgan fingerprint density at radius 3 is 2.82 bits per heavy atom. The quantitative estimate of drug-likeness (QED) is 0.232. The second kappa shape index (κ2) is 13.7. The SMILES string of the molecule is CCNC(=NCCCN1CCCCCC1=O)NCCc1nc(C(C)C)no1.I. The second-order valence-electron chi connectivity index (χ2n) is 7.18. The van der Waals surface area contributed by atoms with Gasteiger partial charge in [0.15, 0.2) is 11.8 Å². The highest BCUT2D eigenvalue weighted by Gasteiger charge is 2.15. The molecule has 2 N–H and O–H groups in total. The minimum Gasteiger partial charge on any atom is -0.357 e. The van der Waals surface area contributed by atoms with Crippen LogP contribution < -0.4 is 10.6 Å². The molecule has 0 aliphatic carbocycles. The number of nitrogens with one attached hydrogen (secondary N) is 2. The first-order chi connectivity index (χ1) is 13.1. The van der Waals surface area contributed by atoms with Crippen LogP contribution in [0.4, 0.5) is 0 Å². The Balaban J connectivity index is 0.00000392. The van der Waals surface area contributed by atoms with E-state index in [1.807, 2.05) is 25.7 Å². The Morgan fingerprint density at radius 1 is 1.29 bits per heavy atom. The molecule has 0 aromatic carbocycles. The molecule has 0 saturated carbocycles. The van der Waals surface area contributed by atoms with Crippen LogP contribution in [0.15, 0.2) is 9.52 Å². The number of hydrogen-bond donors (Lipinski definition) is 2. The third-order valence-corrected chi connectivity index (χ3v) is 4.50. The van der Waals surface area contributed by atoms with Gasteiger partial charge in [-0.2, -0.15) is 4.98 Å². The van der Waals surface area contributed by atoms with Gasteiger partial charge in [-0.05, 0) is 26.2 Å². The minimum absolute atomic E-state index is 0. The Kier molecular flexibility index (Phi) is 12.1. The summed E-state index contributed by atoms with van der Waals surface area (Å²) in [6.07, 6.45) is 5.54. The number of guanidine groups is 1. The Bertz CT molecular complexity index is 605. The average molecular weight is 506 g/mol. The number of likely N-dealkylation sites (tertiary alicyclic amines) is 1. The van der Waals surface area contributed by atoms with Gasteiger partial charge >= 0.3 is 0 Å². The number of aromatic nitrogens is 2. The molecule has 1 fully saturated rings. The predicted molar refractivity (Wildman–Crippen MR) is 121 cm³/mol. The first-order valence-electron chi connectivity index (χ1n) is 10.2. The summed E-state index contributed by atoms with van der Waals surface area (Å²) in [4.78, 5) is 23.0. The molecule has 0 unspecified atom stereocenters. The van der Waals surface area contributed by atoms with Crippen molar-refractivity contribution in [2.45, 2.75) is 65.2 Å². The Hall–Kier alpha value is -1.39. The zero-order chi connectivity index (χ0) is 19.5. The maximum atomic E-state index is 12.0. The molecule has 160 valence electrons. The van der Waals surface area contributed by atoms with Crippen molar-refractivity contribution < 1.29 is 9.32 Å². The van der Waals surface area contributed by atoms with Crippen molar-refractivity contribution in [3.63, 3.8) is 0 Å². The van der Waals surface area contributed by atoms with Gasteiger partial charge < -0.3 is 20.1 Å². The van der Waals surface area contributed by atoms with Gasteiger partial charge in [-0.15, -0.1) is 24.0 Å². The fourth-order valence-corrected chi connectivity index (χ4v) is 2.96. The van der Waals surface area contributed by atoms with Gasteiger partial charge in [-0.1, -0.05) is 25.4 Å². The molecule has 28 heavy (non-hydrogen) atoms. The number of amides is 1. The van der Waals surface area contributed by atoms with E-state index in [-0.39, 0.29) is 29.9 Å². The molecule has 1 saturated heterocycles. The molecule has 1 aliphatic rings. The molecule has 0 radical (unpaired) electrons. The molecule has 1 aromatic rings. The monoisotopic (exact) mass is 506 g/mol. The van der Waals surface area contributed by atoms with E-state index in [0.717, 1.165) is 57.1 Å². The summed E-state index contributed by atoms with van der Waals surface area (Å²) in [7, 11) is 0. The molecule has 1 amide bonds. The summed E-state index contributed by atoms with van der Waals surface area (Å²) < 4.78 is 5.25. The van der Waals surface area contributed by atoms with Crippen molar-refractivity contribution in [2.24, 2.45) is 4.99 Å². The van der Waals surface area contributed by atoms with Crippen molar-refractivity contribution in [3.8, 4) is 0 Å². The standard InChI is InChI=1S/C19H34N6O2.HI/c1-4-20-19(22-12-10-16-23-18(15(2)3)24-27-16)21-11-8-14-25-13-7-5-6-9-17(25)26;/h15H,4-14H2,1-3H3,(H2,20,21,22);1H. The molecule has 8 nitrogen and oxygen atoms in total. The smallest absolute Gasteiger partial charge is 0.228 e. The number of aliphatic imine (C=N–C) groups is 1. The second-order valence-corrected chi connectivity index (χ2v) is 7.18. The third-order valence-electron chi connectivity index (χ3n) is 4.50. The fourth-order valence-electron chi connectivity index (χ4n) is 2.96. The molecule has 0 bridgehead atoms. The van der Waals surface area contributed by atoms with Crippen molar-refractivity contribution in [3.05, 3.63) is 11.7 Å². The molecule has 2 rings (SSSR count). The summed E-state index contributed by atoms with van der Waals surface area (Å²) in [5.41, 5.74) is 0. The molecule has 1 aromatic heterocycles. The summed E-state index contributed by atoms with van der Waals surface area (Å²) in [6, 6.07) is 0. The van der Waals surface area contributed by atoms with E-state index in [4.69, 9.17) is 4.52 Å². The van der Waals surface area contributed by atoms with Crippen LogP contribution in [0, 0.1) is 0 Å². The first-order valence-corrected chi connectivity index (χ1v) is 10.2. The number of carbonyl (C=O) groups is 1. The van der Waals surface area contributed by atoms with Gasteiger partial charge in [0, 0.05) is 51.5 Å². The van der Waals surface area contributed by atoms with Gasteiger partial charge in [-0.3, -0.25) is 9.79 Å². The molecule has 2 heterocycles. The summed E-state index contributed by atoms with van der Waals surface area (Å²) in [5.74, 6) is 2.73. The number of halogens is 1. The maximum absolute atomic E-state index is 12.0. The lowest BCUT2D eigenvalue weighted by Crippen LogP contribution is -2.38. The van der Waals surface area contributed by atoms with E-state index in [0.29, 0.717) is 37.7 Å². The minimum atomic E-state index is 0. The van der Waals surface area contributed by atoms with Gasteiger partial charge in [-0.25, -0.2) is 0 Å². The van der Waals surface area contributed by atoms with Crippen molar-refractivity contribution in [1.82, 2.24) is 25.7 Å². The Labute approximate surface area is 185 Å². The van der Waals surface area contributed by atoms with Gasteiger partial charge in [0.1, 0.15) is 0 Å². The van der Waals surface area contributed by atoms with Crippen LogP contribution in [0.25, 0.3) is 0 Å². The zero-order valence-electron chi connectivity index (χ0n) is 17.4. The third kappa shape index (κ3) is 8.74. The van der Waals surface area contributed by atoms with Gasteiger partial charge in [0.25, 0.3) is 0 Å². The van der Waals surface area contributed by atoms with Crippen LogP contribution in [-0.4, -0.2) is 59.6 Å². The maximum Gasteiger partial charge on any atom is 0.228 e. The lowest BCUT2D eigenvalue weighted by atomic mass is 10.2. The highest BCUT2D eigenvalue weighted by atomic mass is 127. The van der Waals surface area contributed by atoms with Crippen LogP contribution in [0.5, 0.6) is 0 Å². The van der Waals surface area contributed by atoms with E-state index in [9.17, 15) is 4.79 Å². The van der Waals surface area contributed by atoms with Crippen LogP contribution in [0.3, 0.4) is 0 Å². The van der Waals surface area contributed by atoms with Gasteiger partial charge in [0.05, 0.1) is 0 Å². The Morgan fingerprint density at radius 2 is 2.11 bits per heavy atom. The van der Waals surface area contributed by atoms with Crippen LogP contribution in [0.2, 0.25) is 0 Å². The number of carbonyl (C=O) groups excluding carboxylic acids is 1. The summed E-state index contributed by atoms with van der Waals surface area (Å²) in [6.45, 7) is 9.98. The van der Waals surface area contributed by atoms with Crippen LogP contribution >= 0.6 is 24.0 Å². The zero-order valence-corrected chi connectivity index (χ0v) is 19.7. The fraction of sp³-hybridized carbons (Fsp3) is 0.789. The van der Waals surface area contributed by atoms with E-state index in [1.54, 1.807) is 0 Å². The predicted octanol–water partition coefficient (Wildman–Crippen LogP) is 2.70. The summed E-state index contributed by atoms with van der Waals surface area (Å²) in [5, 5.41) is 10.5. The van der Waals surface area contributed by atoms with Crippen LogP contribution in [0.1, 0.15) is 70.5 Å². The molecular formula is C19H35IN6O2. The van der Waals surface area contributed by atoms with Crippen LogP contribution in [-0.2, 0) is 11.2 Å².